The Labute approximate surface area is 94.2 Å². The van der Waals surface area contributed by atoms with Gasteiger partial charge in [0.1, 0.15) is 10.5 Å². The highest BCUT2D eigenvalue weighted by Crippen LogP contribution is 2.47. The lowest BCUT2D eigenvalue weighted by atomic mass is 9.86. The molecule has 3 heteroatoms. The van der Waals surface area contributed by atoms with Crippen LogP contribution in [-0.2, 0) is 0 Å². The predicted molar refractivity (Wildman–Crippen MR) is 61.0 cm³/mol. The van der Waals surface area contributed by atoms with Crippen molar-refractivity contribution < 1.29 is 4.74 Å². The molecule has 0 spiro atoms. The minimum atomic E-state index is -0.158. The molecule has 1 saturated carbocycles. The van der Waals surface area contributed by atoms with Gasteiger partial charge in [-0.05, 0) is 43.5 Å². The van der Waals surface area contributed by atoms with E-state index in [1.54, 1.807) is 18.9 Å². The number of hydrogen-bond donors (Lipinski definition) is 0. The number of rotatable bonds is 3. The lowest BCUT2D eigenvalue weighted by Crippen LogP contribution is -2.30. The zero-order chi connectivity index (χ0) is 10.7. The van der Waals surface area contributed by atoms with Crippen LogP contribution in [0.2, 0.25) is 0 Å². The van der Waals surface area contributed by atoms with Gasteiger partial charge in [-0.3, -0.25) is 0 Å². The minimum Gasteiger partial charge on any atom is -0.497 e. The van der Waals surface area contributed by atoms with Gasteiger partial charge in [-0.25, -0.2) is 0 Å². The molecule has 2 rings (SSSR count). The highest BCUT2D eigenvalue weighted by Gasteiger charge is 2.38. The standard InChI is InChI=1S/C12H13NOS/c1-14-10-3-5-11(6-4-10)15-12(9-13)7-2-8-12/h3-6H,2,7-8H2,1H3. The maximum absolute atomic E-state index is 9.10. The maximum atomic E-state index is 9.10. The highest BCUT2D eigenvalue weighted by atomic mass is 32.2. The molecule has 0 N–H and O–H groups in total. The molecule has 0 bridgehead atoms. The van der Waals surface area contributed by atoms with Gasteiger partial charge in [-0.1, -0.05) is 0 Å². The zero-order valence-electron chi connectivity index (χ0n) is 8.69. The molecule has 1 aliphatic carbocycles. The summed E-state index contributed by atoms with van der Waals surface area (Å²) in [6, 6.07) is 10.3. The van der Waals surface area contributed by atoms with Gasteiger partial charge < -0.3 is 4.74 Å². The molecule has 0 heterocycles. The number of ether oxygens (including phenoxy) is 1. The minimum absolute atomic E-state index is 0.158. The van der Waals surface area contributed by atoms with E-state index in [0.29, 0.717) is 0 Å². The Morgan fingerprint density at radius 3 is 2.40 bits per heavy atom. The van der Waals surface area contributed by atoms with Crippen molar-refractivity contribution in [1.82, 2.24) is 0 Å². The Hall–Kier alpha value is -1.14. The van der Waals surface area contributed by atoms with E-state index in [4.69, 9.17) is 10.00 Å². The van der Waals surface area contributed by atoms with Crippen LogP contribution in [0.5, 0.6) is 5.75 Å². The third-order valence-corrected chi connectivity index (χ3v) is 4.14. The van der Waals surface area contributed by atoms with Crippen LogP contribution in [0.25, 0.3) is 0 Å². The number of thioether (sulfide) groups is 1. The van der Waals surface area contributed by atoms with Crippen molar-refractivity contribution in [2.75, 3.05) is 7.11 Å². The van der Waals surface area contributed by atoms with E-state index in [1.165, 1.54) is 6.42 Å². The number of methoxy groups -OCH3 is 1. The van der Waals surface area contributed by atoms with Crippen LogP contribution in [0, 0.1) is 11.3 Å². The molecule has 0 aliphatic heterocycles. The van der Waals surface area contributed by atoms with E-state index in [0.717, 1.165) is 23.5 Å². The molecule has 0 atom stereocenters. The number of benzene rings is 1. The normalized spacial score (nSPS) is 17.6. The van der Waals surface area contributed by atoms with Crippen LogP contribution >= 0.6 is 11.8 Å². The molecule has 0 aromatic heterocycles. The van der Waals surface area contributed by atoms with Crippen LogP contribution in [-0.4, -0.2) is 11.9 Å². The third-order valence-electron chi connectivity index (χ3n) is 2.74. The van der Waals surface area contributed by atoms with E-state index in [1.807, 2.05) is 24.3 Å². The first-order valence-corrected chi connectivity index (χ1v) is 5.84. The molecule has 0 unspecified atom stereocenters. The zero-order valence-corrected chi connectivity index (χ0v) is 9.51. The molecule has 2 nitrogen and oxygen atoms in total. The van der Waals surface area contributed by atoms with Crippen LogP contribution in [0.15, 0.2) is 29.2 Å². The molecule has 78 valence electrons. The summed E-state index contributed by atoms with van der Waals surface area (Å²) in [6.45, 7) is 0. The number of hydrogen-bond acceptors (Lipinski definition) is 3. The summed E-state index contributed by atoms with van der Waals surface area (Å²) >= 11 is 1.68. The second-order valence-electron chi connectivity index (χ2n) is 3.74. The van der Waals surface area contributed by atoms with Crippen LogP contribution in [0.3, 0.4) is 0 Å². The molecule has 0 saturated heterocycles. The molecular formula is C12H13NOS. The van der Waals surface area contributed by atoms with E-state index in [2.05, 4.69) is 6.07 Å². The summed E-state index contributed by atoms with van der Waals surface area (Å²) in [5.41, 5.74) is 0. The van der Waals surface area contributed by atoms with Gasteiger partial charge in [0.2, 0.25) is 0 Å². The van der Waals surface area contributed by atoms with Gasteiger partial charge in [-0.2, -0.15) is 5.26 Å². The number of nitriles is 1. The Balaban J connectivity index is 2.08. The topological polar surface area (TPSA) is 33.0 Å². The summed E-state index contributed by atoms with van der Waals surface area (Å²) in [6.07, 6.45) is 3.21. The van der Waals surface area contributed by atoms with Gasteiger partial charge in [0, 0.05) is 4.90 Å². The first kappa shape index (κ1) is 10.4. The Kier molecular flexibility index (Phi) is 2.88. The van der Waals surface area contributed by atoms with Crippen molar-refractivity contribution in [3.8, 4) is 11.8 Å². The van der Waals surface area contributed by atoms with Gasteiger partial charge in [0.05, 0.1) is 13.2 Å². The Bertz CT molecular complexity index is 376. The van der Waals surface area contributed by atoms with Crippen molar-refractivity contribution in [3.05, 3.63) is 24.3 Å². The Morgan fingerprint density at radius 1 is 1.33 bits per heavy atom. The van der Waals surface area contributed by atoms with Gasteiger partial charge in [0.25, 0.3) is 0 Å². The summed E-state index contributed by atoms with van der Waals surface area (Å²) in [5, 5.41) is 9.10. The SMILES string of the molecule is COc1ccc(SC2(C#N)CCC2)cc1. The molecule has 1 aromatic rings. The lowest BCUT2D eigenvalue weighted by Gasteiger charge is -2.34. The first-order chi connectivity index (χ1) is 7.28. The molecule has 0 radical (unpaired) electrons. The fourth-order valence-corrected chi connectivity index (χ4v) is 2.87. The quantitative estimate of drug-likeness (QED) is 0.782. The van der Waals surface area contributed by atoms with Crippen LogP contribution in [0.1, 0.15) is 19.3 Å². The molecule has 15 heavy (non-hydrogen) atoms. The van der Waals surface area contributed by atoms with Crippen molar-refractivity contribution in [1.29, 1.82) is 5.26 Å². The van der Waals surface area contributed by atoms with Crippen molar-refractivity contribution in [3.63, 3.8) is 0 Å². The van der Waals surface area contributed by atoms with Gasteiger partial charge in [-0.15, -0.1) is 11.8 Å². The average Bonchev–Trinajstić information content (AvgIpc) is 2.24. The molecular weight excluding hydrogens is 206 g/mol. The highest BCUT2D eigenvalue weighted by molar-refractivity contribution is 8.01. The molecule has 1 fully saturated rings. The molecule has 1 aromatic carbocycles. The van der Waals surface area contributed by atoms with E-state index in [9.17, 15) is 0 Å². The van der Waals surface area contributed by atoms with Gasteiger partial charge >= 0.3 is 0 Å². The second kappa shape index (κ2) is 4.16. The van der Waals surface area contributed by atoms with E-state index in [-0.39, 0.29) is 4.75 Å². The predicted octanol–water partition coefficient (Wildman–Crippen LogP) is 3.23. The van der Waals surface area contributed by atoms with Crippen molar-refractivity contribution in [2.24, 2.45) is 0 Å². The lowest BCUT2D eigenvalue weighted by molar-refractivity contribution is 0.414. The fourth-order valence-electron chi connectivity index (χ4n) is 1.60. The summed E-state index contributed by atoms with van der Waals surface area (Å²) in [5.74, 6) is 0.860. The monoisotopic (exact) mass is 219 g/mol. The molecule has 0 amide bonds. The van der Waals surface area contributed by atoms with E-state index < -0.39 is 0 Å². The smallest absolute Gasteiger partial charge is 0.118 e. The molecule has 1 aliphatic rings. The number of nitrogens with zero attached hydrogens (tertiary/aromatic N) is 1. The fraction of sp³-hybridized carbons (Fsp3) is 0.417. The van der Waals surface area contributed by atoms with Crippen molar-refractivity contribution >= 4 is 11.8 Å². The summed E-state index contributed by atoms with van der Waals surface area (Å²) in [4.78, 5) is 1.15. The van der Waals surface area contributed by atoms with Crippen LogP contribution < -0.4 is 4.74 Å². The first-order valence-electron chi connectivity index (χ1n) is 5.02. The third kappa shape index (κ3) is 2.10. The maximum Gasteiger partial charge on any atom is 0.118 e. The summed E-state index contributed by atoms with van der Waals surface area (Å²) < 4.78 is 4.93. The van der Waals surface area contributed by atoms with Gasteiger partial charge in [0.15, 0.2) is 0 Å². The van der Waals surface area contributed by atoms with Crippen molar-refractivity contribution in [2.45, 2.75) is 28.9 Å². The summed E-state index contributed by atoms with van der Waals surface area (Å²) in [7, 11) is 1.66. The second-order valence-corrected chi connectivity index (χ2v) is 5.19. The largest absolute Gasteiger partial charge is 0.497 e. The van der Waals surface area contributed by atoms with E-state index >= 15 is 0 Å². The van der Waals surface area contributed by atoms with Crippen LogP contribution in [0.4, 0.5) is 0 Å². The Morgan fingerprint density at radius 2 is 2.00 bits per heavy atom. The average molecular weight is 219 g/mol.